The van der Waals surface area contributed by atoms with E-state index in [1.54, 1.807) is 0 Å². The fourth-order valence-electron chi connectivity index (χ4n) is 4.31. The molecular formula is C24H40IN5O. The van der Waals surface area contributed by atoms with Crippen molar-refractivity contribution in [1.82, 2.24) is 20.4 Å². The quantitative estimate of drug-likeness (QED) is 0.328. The summed E-state index contributed by atoms with van der Waals surface area (Å²) in [6, 6.07) is 8.94. The molecule has 2 aliphatic heterocycles. The van der Waals surface area contributed by atoms with Gasteiger partial charge in [0.25, 0.3) is 5.91 Å². The molecule has 31 heavy (non-hydrogen) atoms. The third-order valence-corrected chi connectivity index (χ3v) is 6.30. The molecule has 2 atom stereocenters. The lowest BCUT2D eigenvalue weighted by Gasteiger charge is -2.26. The maximum absolute atomic E-state index is 12.6. The van der Waals surface area contributed by atoms with Gasteiger partial charge in [-0.25, -0.2) is 4.99 Å². The molecule has 7 heteroatoms. The van der Waals surface area contributed by atoms with Gasteiger partial charge in [-0.15, -0.1) is 24.0 Å². The molecule has 1 aromatic rings. The van der Waals surface area contributed by atoms with Crippen LogP contribution >= 0.6 is 24.0 Å². The Bertz CT molecular complexity index is 715. The minimum Gasteiger partial charge on any atom is -0.357 e. The molecule has 2 fully saturated rings. The fourth-order valence-corrected chi connectivity index (χ4v) is 4.31. The zero-order valence-electron chi connectivity index (χ0n) is 19.6. The average molecular weight is 542 g/mol. The van der Waals surface area contributed by atoms with Crippen molar-refractivity contribution < 1.29 is 4.79 Å². The number of rotatable bonds is 6. The smallest absolute Gasteiger partial charge is 0.253 e. The summed E-state index contributed by atoms with van der Waals surface area (Å²) in [4.78, 5) is 21.9. The van der Waals surface area contributed by atoms with Gasteiger partial charge in [0.05, 0.1) is 6.54 Å². The first-order valence-electron chi connectivity index (χ1n) is 11.6. The Labute approximate surface area is 205 Å². The van der Waals surface area contributed by atoms with E-state index < -0.39 is 0 Å². The summed E-state index contributed by atoms with van der Waals surface area (Å²) in [5.74, 6) is 1.62. The zero-order valence-corrected chi connectivity index (χ0v) is 21.9. The van der Waals surface area contributed by atoms with E-state index in [0.29, 0.717) is 24.5 Å². The number of nitrogens with zero attached hydrogens (tertiary/aromatic N) is 3. The SMILES string of the molecule is CCNC(=NCc1ccc(C(=O)N2CCCCC2)cc1)NC1CN(C(C)C)CC1C.I. The van der Waals surface area contributed by atoms with Gasteiger partial charge in [-0.3, -0.25) is 9.69 Å². The Kier molecular flexibility index (Phi) is 10.6. The fraction of sp³-hybridized carbons (Fsp3) is 0.667. The molecule has 2 unspecified atom stereocenters. The van der Waals surface area contributed by atoms with Crippen LogP contribution in [0.15, 0.2) is 29.3 Å². The van der Waals surface area contributed by atoms with Gasteiger partial charge in [0, 0.05) is 50.4 Å². The molecule has 0 saturated carbocycles. The van der Waals surface area contributed by atoms with Gasteiger partial charge in [0.1, 0.15) is 0 Å². The summed E-state index contributed by atoms with van der Waals surface area (Å²) in [6.07, 6.45) is 3.47. The van der Waals surface area contributed by atoms with Gasteiger partial charge < -0.3 is 15.5 Å². The summed E-state index contributed by atoms with van der Waals surface area (Å²) < 4.78 is 0. The third kappa shape index (κ3) is 7.34. The topological polar surface area (TPSA) is 60.0 Å². The molecule has 0 bridgehead atoms. The van der Waals surface area contributed by atoms with E-state index in [2.05, 4.69) is 43.2 Å². The van der Waals surface area contributed by atoms with Gasteiger partial charge in [-0.1, -0.05) is 19.1 Å². The number of benzene rings is 1. The van der Waals surface area contributed by atoms with E-state index in [1.165, 1.54) is 6.42 Å². The van der Waals surface area contributed by atoms with Crippen LogP contribution in [0.4, 0.5) is 0 Å². The predicted octanol–water partition coefficient (Wildman–Crippen LogP) is 3.71. The first kappa shape index (κ1) is 25.9. The Morgan fingerprint density at radius 2 is 1.81 bits per heavy atom. The summed E-state index contributed by atoms with van der Waals surface area (Å²) in [7, 11) is 0. The number of piperidine rings is 1. The molecule has 0 aromatic heterocycles. The summed E-state index contributed by atoms with van der Waals surface area (Å²) >= 11 is 0. The molecule has 174 valence electrons. The van der Waals surface area contributed by atoms with Crippen LogP contribution in [0, 0.1) is 5.92 Å². The van der Waals surface area contributed by atoms with Crippen molar-refractivity contribution in [2.45, 2.75) is 65.6 Å². The second-order valence-corrected chi connectivity index (χ2v) is 9.02. The molecule has 1 aromatic carbocycles. The lowest BCUT2D eigenvalue weighted by atomic mass is 10.1. The van der Waals surface area contributed by atoms with E-state index in [0.717, 1.165) is 62.7 Å². The molecule has 2 saturated heterocycles. The van der Waals surface area contributed by atoms with E-state index >= 15 is 0 Å². The number of aliphatic imine (C=N–C) groups is 1. The van der Waals surface area contributed by atoms with Crippen molar-refractivity contribution in [3.8, 4) is 0 Å². The van der Waals surface area contributed by atoms with Gasteiger partial charge in [-0.2, -0.15) is 0 Å². The number of carbonyl (C=O) groups is 1. The van der Waals surface area contributed by atoms with Crippen molar-refractivity contribution in [2.75, 3.05) is 32.7 Å². The summed E-state index contributed by atoms with van der Waals surface area (Å²) in [5, 5.41) is 7.01. The van der Waals surface area contributed by atoms with E-state index in [1.807, 2.05) is 29.2 Å². The molecule has 3 rings (SSSR count). The number of likely N-dealkylation sites (tertiary alicyclic amines) is 2. The van der Waals surface area contributed by atoms with Gasteiger partial charge in [0.15, 0.2) is 5.96 Å². The summed E-state index contributed by atoms with van der Waals surface area (Å²) in [6.45, 7) is 14.3. The Balaban J connectivity index is 0.00000341. The maximum Gasteiger partial charge on any atom is 0.253 e. The minimum absolute atomic E-state index is 0. The highest BCUT2D eigenvalue weighted by atomic mass is 127. The van der Waals surface area contributed by atoms with E-state index in [9.17, 15) is 4.79 Å². The maximum atomic E-state index is 12.6. The number of halogens is 1. The third-order valence-electron chi connectivity index (χ3n) is 6.30. The van der Waals surface area contributed by atoms with Crippen LogP contribution in [-0.4, -0.2) is 66.5 Å². The summed E-state index contributed by atoms with van der Waals surface area (Å²) in [5.41, 5.74) is 1.90. The van der Waals surface area contributed by atoms with Crippen LogP contribution in [0.5, 0.6) is 0 Å². The molecule has 2 aliphatic rings. The average Bonchev–Trinajstić information content (AvgIpc) is 3.13. The minimum atomic E-state index is 0. The molecular weight excluding hydrogens is 501 g/mol. The molecule has 1 amide bonds. The molecule has 2 N–H and O–H groups in total. The standard InChI is InChI=1S/C24H39N5O.HI/c1-5-25-24(27-22-17-29(18(2)3)16-19(22)4)26-15-20-9-11-21(12-10-20)23(30)28-13-7-6-8-14-28;/h9-12,18-19,22H,5-8,13-17H2,1-4H3,(H2,25,26,27);1H. The monoisotopic (exact) mass is 541 g/mol. The number of nitrogens with one attached hydrogen (secondary N) is 2. The first-order valence-corrected chi connectivity index (χ1v) is 11.6. The second kappa shape index (κ2) is 12.6. The van der Waals surface area contributed by atoms with Crippen molar-refractivity contribution in [2.24, 2.45) is 10.9 Å². The van der Waals surface area contributed by atoms with Crippen LogP contribution in [0.25, 0.3) is 0 Å². The van der Waals surface area contributed by atoms with Crippen LogP contribution in [0.1, 0.15) is 62.9 Å². The van der Waals surface area contributed by atoms with Gasteiger partial charge >= 0.3 is 0 Å². The predicted molar refractivity (Wildman–Crippen MR) is 139 cm³/mol. The normalized spacial score (nSPS) is 22.4. The molecule has 0 aliphatic carbocycles. The van der Waals surface area contributed by atoms with Crippen LogP contribution in [0.3, 0.4) is 0 Å². The zero-order chi connectivity index (χ0) is 21.5. The Morgan fingerprint density at radius 3 is 2.39 bits per heavy atom. The van der Waals surface area contributed by atoms with Crippen LogP contribution in [-0.2, 0) is 6.54 Å². The number of hydrogen-bond donors (Lipinski definition) is 2. The number of guanidine groups is 1. The molecule has 6 nitrogen and oxygen atoms in total. The number of hydrogen-bond acceptors (Lipinski definition) is 3. The number of amides is 1. The molecule has 2 heterocycles. The Morgan fingerprint density at radius 1 is 1.13 bits per heavy atom. The molecule has 0 radical (unpaired) electrons. The van der Waals surface area contributed by atoms with Crippen molar-refractivity contribution in [1.29, 1.82) is 0 Å². The van der Waals surface area contributed by atoms with Crippen LogP contribution in [0.2, 0.25) is 0 Å². The largest absolute Gasteiger partial charge is 0.357 e. The van der Waals surface area contributed by atoms with Gasteiger partial charge in [0.2, 0.25) is 0 Å². The highest BCUT2D eigenvalue weighted by Crippen LogP contribution is 2.19. The highest BCUT2D eigenvalue weighted by molar-refractivity contribution is 14.0. The lowest BCUT2D eigenvalue weighted by Crippen LogP contribution is -2.46. The highest BCUT2D eigenvalue weighted by Gasteiger charge is 2.31. The van der Waals surface area contributed by atoms with Crippen molar-refractivity contribution in [3.63, 3.8) is 0 Å². The van der Waals surface area contributed by atoms with E-state index in [-0.39, 0.29) is 29.9 Å². The van der Waals surface area contributed by atoms with Crippen molar-refractivity contribution >= 4 is 35.8 Å². The van der Waals surface area contributed by atoms with Crippen LogP contribution < -0.4 is 10.6 Å². The lowest BCUT2D eigenvalue weighted by molar-refractivity contribution is 0.0724. The first-order chi connectivity index (χ1) is 14.5. The number of carbonyl (C=O) groups excluding carboxylic acids is 1. The molecule has 0 spiro atoms. The van der Waals surface area contributed by atoms with Gasteiger partial charge in [-0.05, 0) is 63.6 Å². The Hall–Kier alpha value is -1.35. The van der Waals surface area contributed by atoms with Crippen molar-refractivity contribution in [3.05, 3.63) is 35.4 Å². The second-order valence-electron chi connectivity index (χ2n) is 9.02. The van der Waals surface area contributed by atoms with E-state index in [4.69, 9.17) is 4.99 Å².